The highest BCUT2D eigenvalue weighted by atomic mass is 15.1. The van der Waals surface area contributed by atoms with E-state index in [4.69, 9.17) is 19.9 Å². The van der Waals surface area contributed by atoms with Crippen LogP contribution in [0.25, 0.3) is 100 Å². The Morgan fingerprint density at radius 3 is 0.783 bits per heavy atom. The molecule has 0 atom stereocenters. The van der Waals surface area contributed by atoms with Crippen molar-refractivity contribution in [2.24, 2.45) is 0 Å². The maximum atomic E-state index is 5.27. The van der Waals surface area contributed by atoms with Gasteiger partial charge in [-0.1, -0.05) is 188 Å². The lowest BCUT2D eigenvalue weighted by Gasteiger charge is -2.26. The minimum Gasteiger partial charge on any atom is -0.311 e. The van der Waals surface area contributed by atoms with Crippen molar-refractivity contribution in [1.29, 1.82) is 0 Å². The van der Waals surface area contributed by atoms with E-state index < -0.39 is 0 Å². The summed E-state index contributed by atoms with van der Waals surface area (Å²) >= 11 is 0. The Hall–Kier alpha value is -9.32. The van der Waals surface area contributed by atoms with Gasteiger partial charge in [-0.2, -0.15) is 0 Å². The first-order valence-electron chi connectivity index (χ1n) is 23.2. The molecule has 0 saturated heterocycles. The third-order valence-corrected chi connectivity index (χ3v) is 12.7. The quantitative estimate of drug-likeness (QED) is 0.137. The number of fused-ring (bicyclic) bond motifs is 2. The van der Waals surface area contributed by atoms with Gasteiger partial charge in [0, 0.05) is 39.3 Å². The van der Waals surface area contributed by atoms with Crippen molar-refractivity contribution in [3.8, 4) is 78.4 Å². The highest BCUT2D eigenvalue weighted by molar-refractivity contribution is 5.90. The van der Waals surface area contributed by atoms with Crippen molar-refractivity contribution in [2.75, 3.05) is 4.90 Å². The molecule has 0 bridgehead atoms. The van der Waals surface area contributed by atoms with Crippen LogP contribution in [0.2, 0.25) is 0 Å². The van der Waals surface area contributed by atoms with Gasteiger partial charge in [0.1, 0.15) is 0 Å². The Labute approximate surface area is 401 Å². The molecule has 69 heavy (non-hydrogen) atoms. The van der Waals surface area contributed by atoms with Crippen LogP contribution in [0.3, 0.4) is 0 Å². The molecular weight excluding hydrogens is 839 g/mol. The minimum absolute atomic E-state index is 0.829. The fraction of sp³-hybridized carbons (Fsp3) is 0. The standard InChI is InChI=1S/C64H43N5/c1-4-16-44(17-5-1)47-30-36-54(37-31-47)69(55-38-32-48(33-39-55)61-63(67-59-28-12-10-26-57(59)65-61)52-24-14-22-50(42-52)45-18-6-2-7-19-45)56-40-34-49(35-41-56)62-64(68-60-29-13-11-27-58(60)66-62)53-25-15-23-51(43-53)46-20-8-3-9-21-46/h1-43H. The van der Waals surface area contributed by atoms with Gasteiger partial charge >= 0.3 is 0 Å². The Morgan fingerprint density at radius 1 is 0.188 bits per heavy atom. The topological polar surface area (TPSA) is 54.8 Å². The van der Waals surface area contributed by atoms with E-state index in [9.17, 15) is 0 Å². The molecule has 2 aromatic heterocycles. The first kappa shape index (κ1) is 41.1. The average Bonchev–Trinajstić information content (AvgIpc) is 3.44. The number of aromatic nitrogens is 4. The second-order valence-electron chi connectivity index (χ2n) is 17.1. The van der Waals surface area contributed by atoms with Gasteiger partial charge in [-0.05, 0) is 106 Å². The molecule has 12 aromatic rings. The van der Waals surface area contributed by atoms with Crippen molar-refractivity contribution in [2.45, 2.75) is 0 Å². The third kappa shape index (κ3) is 8.30. The summed E-state index contributed by atoms with van der Waals surface area (Å²) in [6.45, 7) is 0. The van der Waals surface area contributed by atoms with Gasteiger partial charge in [0.2, 0.25) is 0 Å². The van der Waals surface area contributed by atoms with Gasteiger partial charge < -0.3 is 4.90 Å². The molecule has 0 saturated carbocycles. The number of nitrogens with zero attached hydrogens (tertiary/aromatic N) is 5. The van der Waals surface area contributed by atoms with Crippen LogP contribution < -0.4 is 4.90 Å². The van der Waals surface area contributed by atoms with Crippen LogP contribution in [0, 0.1) is 0 Å². The minimum atomic E-state index is 0.829. The van der Waals surface area contributed by atoms with Gasteiger partial charge in [-0.25, -0.2) is 19.9 Å². The molecule has 324 valence electrons. The van der Waals surface area contributed by atoms with E-state index in [1.807, 2.05) is 60.7 Å². The van der Waals surface area contributed by atoms with Crippen molar-refractivity contribution in [3.05, 3.63) is 261 Å². The Morgan fingerprint density at radius 2 is 0.435 bits per heavy atom. The summed E-state index contributed by atoms with van der Waals surface area (Å²) in [5.74, 6) is 0. The molecule has 0 N–H and O–H groups in total. The molecule has 0 aliphatic heterocycles. The summed E-state index contributed by atoms with van der Waals surface area (Å²) in [5.41, 5.74) is 20.7. The van der Waals surface area contributed by atoms with Crippen LogP contribution in [0.5, 0.6) is 0 Å². The number of para-hydroxylation sites is 4. The van der Waals surface area contributed by atoms with Crippen LogP contribution in [0.1, 0.15) is 0 Å². The summed E-state index contributed by atoms with van der Waals surface area (Å²) in [6, 6.07) is 91.0. The summed E-state index contributed by atoms with van der Waals surface area (Å²) < 4.78 is 0. The summed E-state index contributed by atoms with van der Waals surface area (Å²) in [6.07, 6.45) is 0. The summed E-state index contributed by atoms with van der Waals surface area (Å²) in [5, 5.41) is 0. The monoisotopic (exact) mass is 881 g/mol. The van der Waals surface area contributed by atoms with E-state index in [-0.39, 0.29) is 0 Å². The van der Waals surface area contributed by atoms with E-state index in [0.717, 1.165) is 112 Å². The molecular formula is C64H43N5. The predicted octanol–water partition coefficient (Wildman–Crippen LogP) is 16.7. The Bertz CT molecular complexity index is 3540. The van der Waals surface area contributed by atoms with Gasteiger partial charge in [-0.15, -0.1) is 0 Å². The van der Waals surface area contributed by atoms with Crippen molar-refractivity contribution in [1.82, 2.24) is 19.9 Å². The van der Waals surface area contributed by atoms with E-state index >= 15 is 0 Å². The highest BCUT2D eigenvalue weighted by Crippen LogP contribution is 2.41. The molecule has 5 heteroatoms. The third-order valence-electron chi connectivity index (χ3n) is 12.7. The smallest absolute Gasteiger partial charge is 0.0973 e. The number of anilines is 3. The van der Waals surface area contributed by atoms with E-state index in [1.165, 1.54) is 5.56 Å². The molecule has 5 nitrogen and oxygen atoms in total. The molecule has 12 rings (SSSR count). The molecule has 0 unspecified atom stereocenters. The summed E-state index contributed by atoms with van der Waals surface area (Å²) in [4.78, 5) is 23.4. The number of rotatable bonds is 10. The molecule has 0 radical (unpaired) electrons. The van der Waals surface area contributed by atoms with E-state index in [0.29, 0.717) is 0 Å². The maximum absolute atomic E-state index is 5.27. The summed E-state index contributed by atoms with van der Waals surface area (Å²) in [7, 11) is 0. The Balaban J connectivity index is 0.952. The molecule has 10 aromatic carbocycles. The molecule has 0 fully saturated rings. The highest BCUT2D eigenvalue weighted by Gasteiger charge is 2.19. The first-order chi connectivity index (χ1) is 34.2. The van der Waals surface area contributed by atoms with Crippen molar-refractivity contribution >= 4 is 39.1 Å². The predicted molar refractivity (Wildman–Crippen MR) is 285 cm³/mol. The first-order valence-corrected chi connectivity index (χ1v) is 23.2. The zero-order valence-electron chi connectivity index (χ0n) is 37.6. The van der Waals surface area contributed by atoms with Crippen LogP contribution in [0.4, 0.5) is 17.1 Å². The molecule has 2 heterocycles. The normalized spacial score (nSPS) is 11.2. The SMILES string of the molecule is c1ccc(-c2ccc(N(c3ccc(-c4nc5ccccc5nc4-c4cccc(-c5ccccc5)c4)cc3)c3ccc(-c4nc5ccccc5nc4-c4cccc(-c5ccccc5)c4)cc3)cc2)cc1. The second kappa shape index (κ2) is 18.2. The zero-order valence-corrected chi connectivity index (χ0v) is 37.6. The van der Waals surface area contributed by atoms with Gasteiger partial charge in [0.15, 0.2) is 0 Å². The van der Waals surface area contributed by atoms with Crippen LogP contribution in [-0.2, 0) is 0 Å². The van der Waals surface area contributed by atoms with E-state index in [1.54, 1.807) is 0 Å². The number of hydrogen-bond acceptors (Lipinski definition) is 5. The lowest BCUT2D eigenvalue weighted by molar-refractivity contribution is 1.26. The molecule has 0 spiro atoms. The van der Waals surface area contributed by atoms with Gasteiger partial charge in [-0.3, -0.25) is 0 Å². The average molecular weight is 882 g/mol. The molecule has 0 amide bonds. The Kier molecular flexibility index (Phi) is 10.8. The van der Waals surface area contributed by atoms with Gasteiger partial charge in [0.05, 0.1) is 44.8 Å². The van der Waals surface area contributed by atoms with Crippen LogP contribution in [0.15, 0.2) is 261 Å². The zero-order chi connectivity index (χ0) is 45.9. The number of hydrogen-bond donors (Lipinski definition) is 0. The lowest BCUT2D eigenvalue weighted by atomic mass is 9.98. The van der Waals surface area contributed by atoms with Crippen LogP contribution >= 0.6 is 0 Å². The number of benzene rings is 10. The van der Waals surface area contributed by atoms with Gasteiger partial charge in [0.25, 0.3) is 0 Å². The fourth-order valence-electron chi connectivity index (χ4n) is 9.18. The fourth-order valence-corrected chi connectivity index (χ4v) is 9.18. The van der Waals surface area contributed by atoms with Crippen LogP contribution in [-0.4, -0.2) is 19.9 Å². The molecule has 0 aliphatic rings. The van der Waals surface area contributed by atoms with Crippen molar-refractivity contribution in [3.63, 3.8) is 0 Å². The largest absolute Gasteiger partial charge is 0.311 e. The molecule has 0 aliphatic carbocycles. The second-order valence-corrected chi connectivity index (χ2v) is 17.1. The van der Waals surface area contributed by atoms with Crippen molar-refractivity contribution < 1.29 is 0 Å². The van der Waals surface area contributed by atoms with E-state index in [2.05, 4.69) is 205 Å². The lowest BCUT2D eigenvalue weighted by Crippen LogP contribution is -2.10. The maximum Gasteiger partial charge on any atom is 0.0973 e.